The van der Waals surface area contributed by atoms with Crippen molar-refractivity contribution >= 4 is 5.91 Å². The molecule has 14 heavy (non-hydrogen) atoms. The molecule has 1 rings (SSSR count). The molecule has 0 bridgehead atoms. The molecule has 78 valence electrons. The predicted octanol–water partition coefficient (Wildman–Crippen LogP) is 0.616. The zero-order chi connectivity index (χ0) is 10.4. The van der Waals surface area contributed by atoms with Gasteiger partial charge in [-0.25, -0.2) is 0 Å². The Hall–Kier alpha value is -1.29. The van der Waals surface area contributed by atoms with Gasteiger partial charge in [0.15, 0.2) is 0 Å². The first-order chi connectivity index (χ1) is 6.74. The highest BCUT2D eigenvalue weighted by molar-refractivity contribution is 5.78. The second-order valence-corrected chi connectivity index (χ2v) is 3.42. The van der Waals surface area contributed by atoms with Crippen molar-refractivity contribution in [2.75, 3.05) is 6.54 Å². The van der Waals surface area contributed by atoms with E-state index in [2.05, 4.69) is 10.3 Å². The van der Waals surface area contributed by atoms with Crippen LogP contribution in [0.5, 0.6) is 0 Å². The van der Waals surface area contributed by atoms with Crippen LogP contribution in [0.4, 0.5) is 0 Å². The number of H-pyrrole nitrogens is 1. The molecular formula is C10H17N3O. The van der Waals surface area contributed by atoms with Gasteiger partial charge in [-0.1, -0.05) is 6.92 Å². The summed E-state index contributed by atoms with van der Waals surface area (Å²) < 4.78 is 0. The second kappa shape index (κ2) is 5.44. The molecular weight excluding hydrogens is 178 g/mol. The number of aromatic amines is 1. The third-order valence-corrected chi connectivity index (χ3v) is 2.18. The lowest BCUT2D eigenvalue weighted by Crippen LogP contribution is -2.29. The largest absolute Gasteiger partial charge is 0.367 e. The average molecular weight is 195 g/mol. The van der Waals surface area contributed by atoms with Gasteiger partial charge in [-0.2, -0.15) is 0 Å². The number of aromatic nitrogens is 1. The highest BCUT2D eigenvalue weighted by Gasteiger charge is 2.10. The van der Waals surface area contributed by atoms with Gasteiger partial charge >= 0.3 is 0 Å². The molecule has 0 saturated carbocycles. The van der Waals surface area contributed by atoms with Crippen molar-refractivity contribution in [3.05, 3.63) is 24.0 Å². The minimum absolute atomic E-state index is 0.000980. The van der Waals surface area contributed by atoms with Gasteiger partial charge in [-0.05, 0) is 24.6 Å². The van der Waals surface area contributed by atoms with Crippen LogP contribution in [0.2, 0.25) is 0 Å². The number of hydrogen-bond acceptors (Lipinski definition) is 2. The molecule has 0 spiro atoms. The number of carbonyl (C=O) groups is 1. The molecule has 1 atom stereocenters. The number of rotatable bonds is 5. The van der Waals surface area contributed by atoms with E-state index in [1.807, 2.05) is 25.4 Å². The standard InChI is InChI=1S/C10H17N3O/c1-8(2-4-11)10(14)13-7-9-3-5-12-6-9/h3,5-6,8,12H,2,4,7,11H2,1H3,(H,13,14). The van der Waals surface area contributed by atoms with Gasteiger partial charge in [0.25, 0.3) is 0 Å². The molecule has 1 amide bonds. The molecule has 4 heteroatoms. The van der Waals surface area contributed by atoms with E-state index in [1.165, 1.54) is 0 Å². The Bertz CT molecular complexity index is 269. The maximum Gasteiger partial charge on any atom is 0.223 e. The first kappa shape index (κ1) is 10.8. The fourth-order valence-corrected chi connectivity index (χ4v) is 1.21. The van der Waals surface area contributed by atoms with E-state index in [4.69, 9.17) is 5.73 Å². The minimum Gasteiger partial charge on any atom is -0.367 e. The van der Waals surface area contributed by atoms with Gasteiger partial charge in [-0.3, -0.25) is 4.79 Å². The van der Waals surface area contributed by atoms with Crippen molar-refractivity contribution in [2.24, 2.45) is 11.7 Å². The van der Waals surface area contributed by atoms with E-state index in [1.54, 1.807) is 0 Å². The summed E-state index contributed by atoms with van der Waals surface area (Å²) in [5, 5.41) is 2.86. The molecule has 4 N–H and O–H groups in total. The molecule has 4 nitrogen and oxygen atoms in total. The number of amides is 1. The Kier molecular flexibility index (Phi) is 4.19. The third kappa shape index (κ3) is 3.22. The Labute approximate surface area is 83.9 Å². The van der Waals surface area contributed by atoms with Gasteiger partial charge in [0.2, 0.25) is 5.91 Å². The lowest BCUT2D eigenvalue weighted by atomic mass is 10.1. The van der Waals surface area contributed by atoms with E-state index in [0.29, 0.717) is 13.1 Å². The summed E-state index contributed by atoms with van der Waals surface area (Å²) in [5.74, 6) is 0.0654. The fourth-order valence-electron chi connectivity index (χ4n) is 1.21. The van der Waals surface area contributed by atoms with Crippen LogP contribution in [0.15, 0.2) is 18.5 Å². The summed E-state index contributed by atoms with van der Waals surface area (Å²) in [6.07, 6.45) is 4.44. The normalized spacial score (nSPS) is 12.4. The molecule has 1 unspecified atom stereocenters. The smallest absolute Gasteiger partial charge is 0.223 e. The predicted molar refractivity (Wildman–Crippen MR) is 55.5 cm³/mol. The fraction of sp³-hybridized carbons (Fsp3) is 0.500. The van der Waals surface area contributed by atoms with Crippen LogP contribution in [0.1, 0.15) is 18.9 Å². The van der Waals surface area contributed by atoms with Crippen LogP contribution in [-0.2, 0) is 11.3 Å². The van der Waals surface area contributed by atoms with E-state index in [0.717, 1.165) is 12.0 Å². The van der Waals surface area contributed by atoms with Crippen LogP contribution < -0.4 is 11.1 Å². The van der Waals surface area contributed by atoms with Gasteiger partial charge in [-0.15, -0.1) is 0 Å². The van der Waals surface area contributed by atoms with E-state index >= 15 is 0 Å². The van der Waals surface area contributed by atoms with Gasteiger partial charge in [0, 0.05) is 24.9 Å². The quantitative estimate of drug-likeness (QED) is 0.644. The van der Waals surface area contributed by atoms with Gasteiger partial charge in [0.05, 0.1) is 0 Å². The summed E-state index contributed by atoms with van der Waals surface area (Å²) in [7, 11) is 0. The Balaban J connectivity index is 2.27. The molecule has 0 saturated heterocycles. The first-order valence-corrected chi connectivity index (χ1v) is 4.83. The summed E-state index contributed by atoms with van der Waals surface area (Å²) in [6.45, 7) is 3.02. The lowest BCUT2D eigenvalue weighted by Gasteiger charge is -2.09. The van der Waals surface area contributed by atoms with Crippen LogP contribution in [0.3, 0.4) is 0 Å². The maximum absolute atomic E-state index is 11.5. The number of carbonyl (C=O) groups excluding carboxylic acids is 1. The average Bonchev–Trinajstić information content (AvgIpc) is 2.67. The molecule has 0 fully saturated rings. The zero-order valence-electron chi connectivity index (χ0n) is 8.42. The molecule has 0 aromatic carbocycles. The number of hydrogen-bond donors (Lipinski definition) is 3. The Morgan fingerprint density at radius 1 is 1.71 bits per heavy atom. The van der Waals surface area contributed by atoms with Crippen LogP contribution in [0.25, 0.3) is 0 Å². The topological polar surface area (TPSA) is 70.9 Å². The van der Waals surface area contributed by atoms with Crippen LogP contribution in [0, 0.1) is 5.92 Å². The van der Waals surface area contributed by atoms with Crippen LogP contribution >= 0.6 is 0 Å². The lowest BCUT2D eigenvalue weighted by molar-refractivity contribution is -0.124. The van der Waals surface area contributed by atoms with E-state index in [-0.39, 0.29) is 11.8 Å². The number of nitrogens with two attached hydrogens (primary N) is 1. The second-order valence-electron chi connectivity index (χ2n) is 3.42. The summed E-state index contributed by atoms with van der Waals surface area (Å²) in [4.78, 5) is 14.4. The Morgan fingerprint density at radius 3 is 3.07 bits per heavy atom. The van der Waals surface area contributed by atoms with Crippen molar-refractivity contribution in [3.8, 4) is 0 Å². The van der Waals surface area contributed by atoms with Crippen molar-refractivity contribution < 1.29 is 4.79 Å². The van der Waals surface area contributed by atoms with Gasteiger partial charge in [0.1, 0.15) is 0 Å². The molecule has 0 aliphatic rings. The van der Waals surface area contributed by atoms with Crippen LogP contribution in [-0.4, -0.2) is 17.4 Å². The SMILES string of the molecule is CC(CCN)C(=O)NCc1cc[nH]c1. The molecule has 1 aromatic rings. The maximum atomic E-state index is 11.5. The zero-order valence-corrected chi connectivity index (χ0v) is 8.42. The monoisotopic (exact) mass is 195 g/mol. The van der Waals surface area contributed by atoms with Crippen molar-refractivity contribution in [2.45, 2.75) is 19.9 Å². The molecule has 0 aliphatic carbocycles. The van der Waals surface area contributed by atoms with Gasteiger partial charge < -0.3 is 16.0 Å². The molecule has 1 aromatic heterocycles. The van der Waals surface area contributed by atoms with E-state index in [9.17, 15) is 4.79 Å². The Morgan fingerprint density at radius 2 is 2.50 bits per heavy atom. The van der Waals surface area contributed by atoms with E-state index < -0.39 is 0 Å². The molecule has 0 radical (unpaired) electrons. The third-order valence-electron chi connectivity index (χ3n) is 2.18. The summed E-state index contributed by atoms with van der Waals surface area (Å²) in [5.41, 5.74) is 6.45. The van der Waals surface area contributed by atoms with Crippen molar-refractivity contribution in [1.29, 1.82) is 0 Å². The molecule has 0 aliphatic heterocycles. The molecule has 1 heterocycles. The highest BCUT2D eigenvalue weighted by atomic mass is 16.1. The highest BCUT2D eigenvalue weighted by Crippen LogP contribution is 2.01. The first-order valence-electron chi connectivity index (χ1n) is 4.83. The summed E-state index contributed by atoms with van der Waals surface area (Å²) >= 11 is 0. The minimum atomic E-state index is -0.000980. The van der Waals surface area contributed by atoms with Crippen molar-refractivity contribution in [1.82, 2.24) is 10.3 Å². The summed E-state index contributed by atoms with van der Waals surface area (Å²) in [6, 6.07) is 1.94. The van der Waals surface area contributed by atoms with Crippen molar-refractivity contribution in [3.63, 3.8) is 0 Å². The number of nitrogens with one attached hydrogen (secondary N) is 2.